The first kappa shape index (κ1) is 14.5. The Morgan fingerprint density at radius 2 is 2.10 bits per heavy atom. The Morgan fingerprint density at radius 3 is 2.71 bits per heavy atom. The van der Waals surface area contributed by atoms with E-state index in [1.807, 2.05) is 0 Å². The number of anilines is 1. The fraction of sp³-hybridized carbons (Fsp3) is 0.154. The van der Waals surface area contributed by atoms with Crippen molar-refractivity contribution in [2.24, 2.45) is 0 Å². The van der Waals surface area contributed by atoms with Crippen molar-refractivity contribution in [3.8, 4) is 0 Å². The average molecular weight is 294 g/mol. The largest absolute Gasteiger partial charge is 0.480 e. The summed E-state index contributed by atoms with van der Waals surface area (Å²) >= 11 is 0. The van der Waals surface area contributed by atoms with Crippen LogP contribution in [0.25, 0.3) is 10.8 Å². The zero-order valence-corrected chi connectivity index (χ0v) is 10.9. The van der Waals surface area contributed by atoms with Gasteiger partial charge in [-0.1, -0.05) is 0 Å². The molecule has 0 amide bonds. The number of rotatable bonds is 4. The fourth-order valence-electron chi connectivity index (χ4n) is 1.81. The summed E-state index contributed by atoms with van der Waals surface area (Å²) in [5.41, 5.74) is -0.798. The number of esters is 1. The summed E-state index contributed by atoms with van der Waals surface area (Å²) in [5.74, 6) is -2.66. The lowest BCUT2D eigenvalue weighted by atomic mass is 10.1. The number of methoxy groups -OCH3 is 1. The van der Waals surface area contributed by atoms with Crippen LogP contribution in [0.5, 0.6) is 0 Å². The second kappa shape index (κ2) is 5.61. The summed E-state index contributed by atoms with van der Waals surface area (Å²) in [6.07, 6.45) is 0. The van der Waals surface area contributed by atoms with Crippen molar-refractivity contribution in [3.05, 3.63) is 40.1 Å². The van der Waals surface area contributed by atoms with E-state index >= 15 is 0 Å². The minimum Gasteiger partial charge on any atom is -0.480 e. The highest BCUT2D eigenvalue weighted by Gasteiger charge is 2.13. The maximum Gasteiger partial charge on any atom is 0.354 e. The van der Waals surface area contributed by atoms with E-state index in [4.69, 9.17) is 5.11 Å². The molecule has 21 heavy (non-hydrogen) atoms. The molecule has 7 nitrogen and oxygen atoms in total. The van der Waals surface area contributed by atoms with Gasteiger partial charge < -0.3 is 20.1 Å². The van der Waals surface area contributed by atoms with E-state index < -0.39 is 29.9 Å². The third-order valence-electron chi connectivity index (χ3n) is 2.77. The Kier molecular flexibility index (Phi) is 3.88. The molecule has 3 N–H and O–H groups in total. The predicted octanol–water partition coefficient (Wildman–Crippen LogP) is 0.950. The number of halogens is 1. The molecule has 1 heterocycles. The topological polar surface area (TPSA) is 108 Å². The molecule has 0 radical (unpaired) electrons. The van der Waals surface area contributed by atoms with Crippen LogP contribution >= 0.6 is 0 Å². The number of hydrogen-bond donors (Lipinski definition) is 3. The molecule has 0 unspecified atom stereocenters. The Bertz CT molecular complexity index is 784. The van der Waals surface area contributed by atoms with Gasteiger partial charge in [0.2, 0.25) is 0 Å². The second-order valence-corrected chi connectivity index (χ2v) is 4.17. The van der Waals surface area contributed by atoms with Crippen LogP contribution in [0.15, 0.2) is 23.0 Å². The SMILES string of the molecule is COC(=O)c1cc2cc(NCC(=O)O)c(F)cc2c(=O)[nH]1. The molecular weight excluding hydrogens is 283 g/mol. The summed E-state index contributed by atoms with van der Waals surface area (Å²) < 4.78 is 18.3. The maximum absolute atomic E-state index is 13.8. The third-order valence-corrected chi connectivity index (χ3v) is 2.77. The van der Waals surface area contributed by atoms with Crippen LogP contribution in [0.3, 0.4) is 0 Å². The number of carbonyl (C=O) groups excluding carboxylic acids is 1. The molecule has 1 aromatic heterocycles. The molecule has 110 valence electrons. The van der Waals surface area contributed by atoms with E-state index in [2.05, 4.69) is 15.0 Å². The van der Waals surface area contributed by atoms with E-state index in [-0.39, 0.29) is 22.2 Å². The van der Waals surface area contributed by atoms with Crippen molar-refractivity contribution < 1.29 is 23.8 Å². The van der Waals surface area contributed by atoms with Crippen LogP contribution in [0.2, 0.25) is 0 Å². The molecule has 0 fully saturated rings. The molecule has 0 saturated carbocycles. The Balaban J connectivity index is 2.56. The summed E-state index contributed by atoms with van der Waals surface area (Å²) in [7, 11) is 1.16. The van der Waals surface area contributed by atoms with Crippen molar-refractivity contribution >= 4 is 28.4 Å². The molecule has 0 aliphatic rings. The Labute approximate surface area is 117 Å². The highest BCUT2D eigenvalue weighted by molar-refractivity contribution is 5.94. The summed E-state index contributed by atoms with van der Waals surface area (Å²) in [6.45, 7) is -0.477. The number of aromatic nitrogens is 1. The molecule has 0 aliphatic carbocycles. The van der Waals surface area contributed by atoms with Crippen molar-refractivity contribution in [1.82, 2.24) is 4.98 Å². The Morgan fingerprint density at radius 1 is 1.38 bits per heavy atom. The molecule has 0 spiro atoms. The summed E-state index contributed by atoms with van der Waals surface area (Å²) in [6, 6.07) is 3.56. The van der Waals surface area contributed by atoms with Crippen LogP contribution in [0.4, 0.5) is 10.1 Å². The molecule has 8 heteroatoms. The number of aliphatic carboxylic acids is 1. The van der Waals surface area contributed by atoms with E-state index in [0.717, 1.165) is 13.2 Å². The van der Waals surface area contributed by atoms with Gasteiger partial charge in [-0.2, -0.15) is 0 Å². The van der Waals surface area contributed by atoms with Crippen LogP contribution in [-0.4, -0.2) is 35.7 Å². The van der Waals surface area contributed by atoms with Crippen LogP contribution in [-0.2, 0) is 9.53 Å². The van der Waals surface area contributed by atoms with Crippen molar-refractivity contribution in [1.29, 1.82) is 0 Å². The quantitative estimate of drug-likeness (QED) is 0.724. The number of nitrogens with one attached hydrogen (secondary N) is 2. The molecule has 2 aromatic rings. The van der Waals surface area contributed by atoms with Gasteiger partial charge in [0, 0.05) is 0 Å². The van der Waals surface area contributed by atoms with Crippen LogP contribution in [0, 0.1) is 5.82 Å². The van der Waals surface area contributed by atoms with Gasteiger partial charge in [0.25, 0.3) is 5.56 Å². The second-order valence-electron chi connectivity index (χ2n) is 4.17. The van der Waals surface area contributed by atoms with Gasteiger partial charge in [-0.05, 0) is 23.6 Å². The number of ether oxygens (including phenoxy) is 1. The van der Waals surface area contributed by atoms with Crippen molar-refractivity contribution in [2.75, 3.05) is 19.0 Å². The first-order valence-electron chi connectivity index (χ1n) is 5.83. The van der Waals surface area contributed by atoms with Gasteiger partial charge in [0.15, 0.2) is 0 Å². The molecule has 1 aromatic carbocycles. The van der Waals surface area contributed by atoms with E-state index in [1.54, 1.807) is 0 Å². The van der Waals surface area contributed by atoms with E-state index in [0.29, 0.717) is 0 Å². The third kappa shape index (κ3) is 2.99. The number of H-pyrrole nitrogens is 1. The van der Waals surface area contributed by atoms with Gasteiger partial charge in [-0.25, -0.2) is 9.18 Å². The molecule has 0 bridgehead atoms. The molecule has 2 rings (SSSR count). The van der Waals surface area contributed by atoms with Gasteiger partial charge in [0.05, 0.1) is 18.2 Å². The number of pyridine rings is 1. The smallest absolute Gasteiger partial charge is 0.354 e. The van der Waals surface area contributed by atoms with Gasteiger partial charge in [-0.15, -0.1) is 0 Å². The van der Waals surface area contributed by atoms with E-state index in [1.165, 1.54) is 12.1 Å². The number of fused-ring (bicyclic) bond motifs is 1. The zero-order chi connectivity index (χ0) is 15.6. The highest BCUT2D eigenvalue weighted by Crippen LogP contribution is 2.21. The minimum atomic E-state index is -1.16. The number of carboxylic acids is 1. The minimum absolute atomic E-state index is 0.0426. The summed E-state index contributed by atoms with van der Waals surface area (Å²) in [5, 5.41) is 11.3. The standard InChI is InChI=1S/C13H11FN2O5/c1-21-13(20)10-3-6-2-9(15-5-11(17)18)8(14)4-7(6)12(19)16-10/h2-4,15H,5H2,1H3,(H,16,19)(H,17,18). The van der Waals surface area contributed by atoms with Gasteiger partial charge in [-0.3, -0.25) is 9.59 Å². The predicted molar refractivity (Wildman–Crippen MR) is 72.0 cm³/mol. The zero-order valence-electron chi connectivity index (χ0n) is 10.9. The number of carboxylic acid groups (broad SMARTS) is 1. The molecule has 0 aliphatic heterocycles. The number of carbonyl (C=O) groups is 2. The first-order valence-corrected chi connectivity index (χ1v) is 5.83. The van der Waals surface area contributed by atoms with Crippen molar-refractivity contribution in [3.63, 3.8) is 0 Å². The fourth-order valence-corrected chi connectivity index (χ4v) is 1.81. The lowest BCUT2D eigenvalue weighted by Gasteiger charge is -2.08. The van der Waals surface area contributed by atoms with Crippen LogP contribution in [0.1, 0.15) is 10.5 Å². The lowest BCUT2D eigenvalue weighted by Crippen LogP contribution is -2.16. The summed E-state index contributed by atoms with van der Waals surface area (Å²) in [4.78, 5) is 36.0. The average Bonchev–Trinajstić information content (AvgIpc) is 2.44. The van der Waals surface area contributed by atoms with Gasteiger partial charge in [0.1, 0.15) is 18.1 Å². The lowest BCUT2D eigenvalue weighted by molar-refractivity contribution is -0.134. The molecular formula is C13H11FN2O5. The van der Waals surface area contributed by atoms with E-state index in [9.17, 15) is 18.8 Å². The molecule has 0 saturated heterocycles. The monoisotopic (exact) mass is 294 g/mol. The highest BCUT2D eigenvalue weighted by atomic mass is 19.1. The van der Waals surface area contributed by atoms with Gasteiger partial charge >= 0.3 is 11.9 Å². The number of hydrogen-bond acceptors (Lipinski definition) is 5. The normalized spacial score (nSPS) is 10.4. The van der Waals surface area contributed by atoms with Crippen molar-refractivity contribution in [2.45, 2.75) is 0 Å². The number of aromatic amines is 1. The van der Waals surface area contributed by atoms with Crippen LogP contribution < -0.4 is 10.9 Å². The molecule has 0 atom stereocenters. The maximum atomic E-state index is 13.8. The first-order chi connectivity index (χ1) is 9.92. The Hall–Kier alpha value is -2.90. The number of benzene rings is 1.